The fraction of sp³-hybridized carbons (Fsp3) is 0.500. The zero-order valence-electron chi connectivity index (χ0n) is 13.8. The standard InChI is InChI=1S/C16H26N4O2/c1-5-21-15(22-6-2)13-20(16(17-3)18-4)19-12-14-10-8-7-9-11-14/h7-12,15H,5-6,13H2,1-4H3,(H,17,18)/b19-12+. The first-order valence-electron chi connectivity index (χ1n) is 7.49. The van der Waals surface area contributed by atoms with Crippen LogP contribution >= 0.6 is 0 Å². The predicted molar refractivity (Wildman–Crippen MR) is 90.2 cm³/mol. The molecule has 0 spiro atoms. The van der Waals surface area contributed by atoms with Crippen LogP contribution in [0.3, 0.4) is 0 Å². The molecule has 0 atom stereocenters. The summed E-state index contributed by atoms with van der Waals surface area (Å²) in [6.45, 7) is 5.50. The van der Waals surface area contributed by atoms with Gasteiger partial charge in [0.05, 0.1) is 12.8 Å². The first-order chi connectivity index (χ1) is 10.7. The van der Waals surface area contributed by atoms with Gasteiger partial charge in [-0.05, 0) is 19.4 Å². The largest absolute Gasteiger partial charge is 0.358 e. The van der Waals surface area contributed by atoms with E-state index in [4.69, 9.17) is 9.47 Å². The van der Waals surface area contributed by atoms with Gasteiger partial charge < -0.3 is 14.8 Å². The van der Waals surface area contributed by atoms with Crippen molar-refractivity contribution in [1.82, 2.24) is 10.3 Å². The molecule has 6 heteroatoms. The van der Waals surface area contributed by atoms with Gasteiger partial charge in [0.2, 0.25) is 5.96 Å². The molecule has 0 aliphatic heterocycles. The lowest BCUT2D eigenvalue weighted by Gasteiger charge is -2.25. The van der Waals surface area contributed by atoms with Gasteiger partial charge in [-0.25, -0.2) is 5.01 Å². The van der Waals surface area contributed by atoms with Gasteiger partial charge in [-0.1, -0.05) is 30.3 Å². The van der Waals surface area contributed by atoms with Crippen molar-refractivity contribution in [2.75, 3.05) is 33.9 Å². The third kappa shape index (κ3) is 6.24. The van der Waals surface area contributed by atoms with E-state index in [0.717, 1.165) is 5.56 Å². The Kier molecular flexibility index (Phi) is 8.86. The van der Waals surface area contributed by atoms with Gasteiger partial charge in [-0.15, -0.1) is 0 Å². The maximum absolute atomic E-state index is 5.58. The third-order valence-corrected chi connectivity index (χ3v) is 2.85. The van der Waals surface area contributed by atoms with Crippen molar-refractivity contribution in [2.45, 2.75) is 20.1 Å². The van der Waals surface area contributed by atoms with E-state index in [0.29, 0.717) is 25.7 Å². The second-order valence-corrected chi connectivity index (χ2v) is 4.37. The van der Waals surface area contributed by atoms with Crippen molar-refractivity contribution in [1.29, 1.82) is 0 Å². The first-order valence-corrected chi connectivity index (χ1v) is 7.49. The fourth-order valence-corrected chi connectivity index (χ4v) is 1.89. The number of nitrogens with zero attached hydrogens (tertiary/aromatic N) is 3. The number of hydrogen-bond donors (Lipinski definition) is 1. The zero-order valence-corrected chi connectivity index (χ0v) is 13.8. The summed E-state index contributed by atoms with van der Waals surface area (Å²) in [5.41, 5.74) is 1.02. The van der Waals surface area contributed by atoms with E-state index in [1.54, 1.807) is 18.3 Å². The molecule has 0 aliphatic rings. The molecule has 1 aromatic rings. The quantitative estimate of drug-likeness (QED) is 0.345. The maximum Gasteiger partial charge on any atom is 0.214 e. The number of guanidine groups is 1. The van der Waals surface area contributed by atoms with Crippen molar-refractivity contribution >= 4 is 12.2 Å². The predicted octanol–water partition coefficient (Wildman–Crippen LogP) is 1.93. The van der Waals surface area contributed by atoms with E-state index < -0.39 is 0 Å². The molecule has 1 N–H and O–H groups in total. The Morgan fingerprint density at radius 3 is 2.36 bits per heavy atom. The van der Waals surface area contributed by atoms with Crippen LogP contribution in [0.1, 0.15) is 19.4 Å². The zero-order chi connectivity index (χ0) is 16.2. The van der Waals surface area contributed by atoms with Crippen LogP contribution in [0.25, 0.3) is 0 Å². The Balaban J connectivity index is 2.85. The smallest absolute Gasteiger partial charge is 0.214 e. The van der Waals surface area contributed by atoms with E-state index in [2.05, 4.69) is 15.4 Å². The number of nitrogens with one attached hydrogen (secondary N) is 1. The van der Waals surface area contributed by atoms with Gasteiger partial charge in [0.1, 0.15) is 0 Å². The summed E-state index contributed by atoms with van der Waals surface area (Å²) in [5.74, 6) is 0.650. The summed E-state index contributed by atoms with van der Waals surface area (Å²) in [4.78, 5) is 4.20. The van der Waals surface area contributed by atoms with Crippen molar-refractivity contribution in [3.8, 4) is 0 Å². The van der Waals surface area contributed by atoms with E-state index >= 15 is 0 Å². The van der Waals surface area contributed by atoms with Gasteiger partial charge >= 0.3 is 0 Å². The molecule has 0 aliphatic carbocycles. The van der Waals surface area contributed by atoms with Crippen molar-refractivity contribution in [3.05, 3.63) is 35.9 Å². The maximum atomic E-state index is 5.58. The summed E-state index contributed by atoms with van der Waals surface area (Å²) < 4.78 is 11.2. The summed E-state index contributed by atoms with van der Waals surface area (Å²) in [7, 11) is 3.52. The highest BCUT2D eigenvalue weighted by Gasteiger charge is 2.16. The van der Waals surface area contributed by atoms with Crippen LogP contribution in [0.4, 0.5) is 0 Å². The van der Waals surface area contributed by atoms with Gasteiger partial charge in [-0.3, -0.25) is 4.99 Å². The molecule has 0 saturated carbocycles. The Morgan fingerprint density at radius 2 is 1.86 bits per heavy atom. The second kappa shape index (κ2) is 10.8. The average molecular weight is 306 g/mol. The Labute approximate surface area is 132 Å². The number of benzene rings is 1. The molecule has 0 saturated heterocycles. The molecule has 0 amide bonds. The van der Waals surface area contributed by atoms with Crippen LogP contribution < -0.4 is 5.32 Å². The average Bonchev–Trinajstić information content (AvgIpc) is 2.55. The van der Waals surface area contributed by atoms with Gasteiger partial charge in [0.25, 0.3) is 0 Å². The number of rotatable bonds is 8. The van der Waals surface area contributed by atoms with Gasteiger partial charge in [-0.2, -0.15) is 5.10 Å². The molecule has 0 radical (unpaired) electrons. The molecule has 6 nitrogen and oxygen atoms in total. The highest BCUT2D eigenvalue weighted by atomic mass is 16.7. The Hall–Kier alpha value is -1.92. The van der Waals surface area contributed by atoms with E-state index in [9.17, 15) is 0 Å². The molecule has 0 heterocycles. The van der Waals surface area contributed by atoms with Gasteiger partial charge in [0, 0.05) is 27.3 Å². The van der Waals surface area contributed by atoms with E-state index in [-0.39, 0.29) is 6.29 Å². The van der Waals surface area contributed by atoms with Gasteiger partial charge in [0.15, 0.2) is 6.29 Å². The lowest BCUT2D eigenvalue weighted by molar-refractivity contribution is -0.141. The third-order valence-electron chi connectivity index (χ3n) is 2.85. The normalized spacial score (nSPS) is 12.1. The molecular weight excluding hydrogens is 280 g/mol. The van der Waals surface area contributed by atoms with Crippen LogP contribution in [-0.4, -0.2) is 57.3 Å². The summed E-state index contributed by atoms with van der Waals surface area (Å²) >= 11 is 0. The minimum Gasteiger partial charge on any atom is -0.358 e. The Bertz CT molecular complexity index is 456. The molecule has 0 fully saturated rings. The summed E-state index contributed by atoms with van der Waals surface area (Å²) in [5, 5.41) is 9.26. The van der Waals surface area contributed by atoms with Crippen molar-refractivity contribution < 1.29 is 9.47 Å². The number of hydrazone groups is 1. The highest BCUT2D eigenvalue weighted by Crippen LogP contribution is 2.03. The van der Waals surface area contributed by atoms with E-state index in [1.807, 2.05) is 51.2 Å². The summed E-state index contributed by atoms with van der Waals surface area (Å²) in [6, 6.07) is 9.91. The van der Waals surface area contributed by atoms with Crippen LogP contribution in [0.5, 0.6) is 0 Å². The molecule has 22 heavy (non-hydrogen) atoms. The van der Waals surface area contributed by atoms with E-state index in [1.165, 1.54) is 0 Å². The SMILES string of the molecule is CCOC(CN(/N=C/c1ccccc1)/C(=N/C)NC)OCC. The van der Waals surface area contributed by atoms with Crippen molar-refractivity contribution in [2.24, 2.45) is 10.1 Å². The first kappa shape index (κ1) is 18.1. The molecule has 0 aromatic heterocycles. The fourth-order valence-electron chi connectivity index (χ4n) is 1.89. The number of ether oxygens (including phenoxy) is 2. The van der Waals surface area contributed by atoms with Crippen LogP contribution in [0.15, 0.2) is 40.4 Å². The van der Waals surface area contributed by atoms with Crippen LogP contribution in [0.2, 0.25) is 0 Å². The van der Waals surface area contributed by atoms with Crippen molar-refractivity contribution in [3.63, 3.8) is 0 Å². The molecule has 0 unspecified atom stereocenters. The Morgan fingerprint density at radius 1 is 1.23 bits per heavy atom. The minimum atomic E-state index is -0.354. The topological polar surface area (TPSA) is 58.5 Å². The molecule has 0 bridgehead atoms. The molecule has 1 aromatic carbocycles. The molecule has 1 rings (SSSR count). The minimum absolute atomic E-state index is 0.354. The monoisotopic (exact) mass is 306 g/mol. The van der Waals surface area contributed by atoms with Crippen LogP contribution in [-0.2, 0) is 9.47 Å². The highest BCUT2D eigenvalue weighted by molar-refractivity contribution is 5.83. The number of aliphatic imine (C=N–C) groups is 1. The lowest BCUT2D eigenvalue weighted by atomic mass is 10.2. The lowest BCUT2D eigenvalue weighted by Crippen LogP contribution is -2.42. The molecule has 122 valence electrons. The summed E-state index contributed by atoms with van der Waals surface area (Å²) in [6.07, 6.45) is 1.44. The second-order valence-electron chi connectivity index (χ2n) is 4.37. The molecular formula is C16H26N4O2. The number of hydrogen-bond acceptors (Lipinski definition) is 4. The van der Waals surface area contributed by atoms with Crippen LogP contribution in [0, 0.1) is 0 Å².